The number of ether oxygens (including phenoxy) is 5. The van der Waals surface area contributed by atoms with E-state index in [-0.39, 0.29) is 6.61 Å². The summed E-state index contributed by atoms with van der Waals surface area (Å²) in [5.41, 5.74) is 34.9. The van der Waals surface area contributed by atoms with Crippen molar-refractivity contribution in [2.45, 2.75) is 103 Å². The topological polar surface area (TPSA) is 219 Å². The van der Waals surface area contributed by atoms with Gasteiger partial charge in [-0.15, -0.1) is 0 Å². The SMILES string of the molecule is CC(N)OC[C@@H](OC(C)N)[C@H](OC(C)N)[C@@H](OC(C)N)C(=O)C(OC(C)N)C(C)N. The van der Waals surface area contributed by atoms with Crippen LogP contribution >= 0.6 is 0 Å². The first kappa shape index (κ1) is 29.2. The molecular formula is C18H42N6O6. The lowest BCUT2D eigenvalue weighted by atomic mass is 9.96. The van der Waals surface area contributed by atoms with E-state index < -0.39 is 67.4 Å². The smallest absolute Gasteiger partial charge is 0.194 e. The van der Waals surface area contributed by atoms with E-state index in [4.69, 9.17) is 58.1 Å². The zero-order valence-electron chi connectivity index (χ0n) is 18.9. The molecule has 7 unspecified atom stereocenters. The van der Waals surface area contributed by atoms with Crippen molar-refractivity contribution in [1.29, 1.82) is 0 Å². The summed E-state index contributed by atoms with van der Waals surface area (Å²) < 4.78 is 28.3. The Hall–Kier alpha value is -0.770. The number of ketones is 1. The molecule has 0 fully saturated rings. The van der Waals surface area contributed by atoms with E-state index in [1.807, 2.05) is 0 Å². The molecule has 0 aliphatic rings. The molecule has 180 valence electrons. The summed E-state index contributed by atoms with van der Waals surface area (Å²) in [4.78, 5) is 13.4. The van der Waals surface area contributed by atoms with E-state index in [1.54, 1.807) is 41.5 Å². The Kier molecular flexibility index (Phi) is 14.0. The Morgan fingerprint density at radius 1 is 0.633 bits per heavy atom. The highest BCUT2D eigenvalue weighted by molar-refractivity contribution is 5.88. The van der Waals surface area contributed by atoms with E-state index in [9.17, 15) is 4.79 Å². The highest BCUT2D eigenvalue weighted by atomic mass is 16.6. The van der Waals surface area contributed by atoms with Gasteiger partial charge in [-0.2, -0.15) is 0 Å². The number of carbonyl (C=O) groups excluding carboxylic acids is 1. The third kappa shape index (κ3) is 11.6. The summed E-state index contributed by atoms with van der Waals surface area (Å²) in [7, 11) is 0. The Bertz CT molecular complexity index is 478. The molecule has 0 radical (unpaired) electrons. The van der Waals surface area contributed by atoms with Gasteiger partial charge in [-0.25, -0.2) is 0 Å². The fraction of sp³-hybridized carbons (Fsp3) is 0.944. The third-order valence-corrected chi connectivity index (χ3v) is 3.71. The minimum absolute atomic E-state index is 0.0420. The van der Waals surface area contributed by atoms with Crippen LogP contribution in [-0.4, -0.2) is 74.0 Å². The van der Waals surface area contributed by atoms with Gasteiger partial charge in [0.05, 0.1) is 6.61 Å². The molecule has 12 N–H and O–H groups in total. The number of hydrogen-bond donors (Lipinski definition) is 6. The molecule has 0 aliphatic carbocycles. The van der Waals surface area contributed by atoms with Crippen molar-refractivity contribution < 1.29 is 28.5 Å². The van der Waals surface area contributed by atoms with Crippen LogP contribution in [0.15, 0.2) is 0 Å². The van der Waals surface area contributed by atoms with Gasteiger partial charge in [-0.05, 0) is 41.5 Å². The van der Waals surface area contributed by atoms with E-state index in [1.165, 1.54) is 0 Å². The zero-order valence-corrected chi connectivity index (χ0v) is 18.9. The van der Waals surface area contributed by atoms with Crippen molar-refractivity contribution in [2.75, 3.05) is 6.61 Å². The van der Waals surface area contributed by atoms with Crippen LogP contribution in [0, 0.1) is 0 Å². The predicted octanol–water partition coefficient (Wildman–Crippen LogP) is -2.02. The van der Waals surface area contributed by atoms with Gasteiger partial charge in [0.2, 0.25) is 0 Å². The number of rotatable bonds is 16. The Labute approximate surface area is 179 Å². The molecule has 10 atom stereocenters. The molecule has 12 nitrogen and oxygen atoms in total. The summed E-state index contributed by atoms with van der Waals surface area (Å²) in [6, 6.07) is -0.688. The van der Waals surface area contributed by atoms with Crippen molar-refractivity contribution in [3.8, 4) is 0 Å². The molecule has 0 saturated carbocycles. The van der Waals surface area contributed by atoms with Crippen molar-refractivity contribution >= 4 is 5.78 Å². The number of Topliss-reactive ketones (excluding diaryl/α,β-unsaturated/α-hetero) is 1. The van der Waals surface area contributed by atoms with Crippen molar-refractivity contribution in [3.63, 3.8) is 0 Å². The number of carbonyl (C=O) groups is 1. The second-order valence-electron chi connectivity index (χ2n) is 7.51. The minimum atomic E-state index is -1.26. The molecule has 0 heterocycles. The van der Waals surface area contributed by atoms with E-state index in [0.29, 0.717) is 0 Å². The van der Waals surface area contributed by atoms with Crippen molar-refractivity contribution in [1.82, 2.24) is 0 Å². The Balaban J connectivity index is 6.10. The normalized spacial score (nSPS) is 22.3. The largest absolute Gasteiger partial charge is 0.361 e. The maximum absolute atomic E-state index is 13.4. The molecular weight excluding hydrogens is 396 g/mol. The van der Waals surface area contributed by atoms with Gasteiger partial charge >= 0.3 is 0 Å². The first-order valence-corrected chi connectivity index (χ1v) is 10.1. The van der Waals surface area contributed by atoms with Gasteiger partial charge < -0.3 is 58.1 Å². The lowest BCUT2D eigenvalue weighted by Gasteiger charge is -2.37. The second kappa shape index (κ2) is 14.3. The van der Waals surface area contributed by atoms with Gasteiger partial charge in [-0.3, -0.25) is 4.79 Å². The van der Waals surface area contributed by atoms with Gasteiger partial charge in [0.15, 0.2) is 5.78 Å². The second-order valence-corrected chi connectivity index (χ2v) is 7.51. The molecule has 0 saturated heterocycles. The molecule has 0 aliphatic heterocycles. The average Bonchev–Trinajstić information content (AvgIpc) is 2.57. The maximum Gasteiger partial charge on any atom is 0.194 e. The van der Waals surface area contributed by atoms with Crippen LogP contribution in [0.25, 0.3) is 0 Å². The van der Waals surface area contributed by atoms with Gasteiger partial charge in [-0.1, -0.05) is 0 Å². The first-order chi connectivity index (χ1) is 13.8. The van der Waals surface area contributed by atoms with Crippen LogP contribution in [0.5, 0.6) is 0 Å². The first-order valence-electron chi connectivity index (χ1n) is 10.1. The van der Waals surface area contributed by atoms with Gasteiger partial charge in [0.1, 0.15) is 55.6 Å². The number of hydrogen-bond acceptors (Lipinski definition) is 12. The third-order valence-electron chi connectivity index (χ3n) is 3.71. The highest BCUT2D eigenvalue weighted by Crippen LogP contribution is 2.20. The van der Waals surface area contributed by atoms with Crippen LogP contribution in [-0.2, 0) is 28.5 Å². The van der Waals surface area contributed by atoms with Crippen molar-refractivity contribution in [2.24, 2.45) is 34.4 Å². The highest BCUT2D eigenvalue weighted by Gasteiger charge is 2.43. The Morgan fingerprint density at radius 2 is 1.07 bits per heavy atom. The van der Waals surface area contributed by atoms with E-state index in [0.717, 1.165) is 0 Å². The summed E-state index contributed by atoms with van der Waals surface area (Å²) in [5.74, 6) is -0.524. The van der Waals surface area contributed by atoms with Crippen LogP contribution < -0.4 is 34.4 Å². The summed E-state index contributed by atoms with van der Waals surface area (Å²) in [6.45, 7) is 9.58. The fourth-order valence-corrected chi connectivity index (χ4v) is 2.72. The molecule has 0 rings (SSSR count). The summed E-state index contributed by atoms with van der Waals surface area (Å²) >= 11 is 0. The quantitative estimate of drug-likeness (QED) is 0.144. The molecule has 0 aromatic rings. The van der Waals surface area contributed by atoms with Crippen LogP contribution in [0.2, 0.25) is 0 Å². The zero-order chi connectivity index (χ0) is 23.6. The monoisotopic (exact) mass is 438 g/mol. The van der Waals surface area contributed by atoms with Gasteiger partial charge in [0.25, 0.3) is 0 Å². The summed E-state index contributed by atoms with van der Waals surface area (Å²) in [6.07, 6.45) is -7.91. The lowest BCUT2D eigenvalue weighted by molar-refractivity contribution is -0.200. The molecule has 0 bridgehead atoms. The predicted molar refractivity (Wildman–Crippen MR) is 112 cm³/mol. The van der Waals surface area contributed by atoms with Crippen LogP contribution in [0.3, 0.4) is 0 Å². The maximum atomic E-state index is 13.4. The molecule has 30 heavy (non-hydrogen) atoms. The average molecular weight is 439 g/mol. The van der Waals surface area contributed by atoms with E-state index >= 15 is 0 Å². The van der Waals surface area contributed by atoms with Crippen LogP contribution in [0.1, 0.15) is 41.5 Å². The molecule has 12 heteroatoms. The number of nitrogens with two attached hydrogens (primary N) is 6. The van der Waals surface area contributed by atoms with E-state index in [2.05, 4.69) is 0 Å². The Morgan fingerprint density at radius 3 is 1.43 bits per heavy atom. The molecule has 0 aromatic carbocycles. The molecule has 0 spiro atoms. The summed E-state index contributed by atoms with van der Waals surface area (Å²) in [5, 5.41) is 0. The lowest BCUT2D eigenvalue weighted by Crippen LogP contribution is -2.58. The van der Waals surface area contributed by atoms with Crippen LogP contribution in [0.4, 0.5) is 0 Å². The fourth-order valence-electron chi connectivity index (χ4n) is 2.72. The standard InChI is InChI=1S/C18H42N6O6/c1-8(19)16(28-11(4)22)15(25)18(30-13(6)24)17(29-12(5)23)14(27-10(3)21)7-26-9(2)20/h8-14,16-18H,7,19-24H2,1-6H3/t8?,9?,10?,11?,12?,13?,14-,16?,17+,18+/m1/s1. The molecule has 0 amide bonds. The van der Waals surface area contributed by atoms with Crippen molar-refractivity contribution in [3.05, 3.63) is 0 Å². The minimum Gasteiger partial charge on any atom is -0.361 e. The van der Waals surface area contributed by atoms with Gasteiger partial charge in [0, 0.05) is 6.04 Å². The molecule has 0 aromatic heterocycles.